The van der Waals surface area contributed by atoms with Crippen molar-refractivity contribution < 1.29 is 9.84 Å². The maximum absolute atomic E-state index is 9.45. The standard InChI is InChI=1S/C15H25NO2/c1-10(2)11-6-7-13(18-5)12(8-11)14(16)15(3,4)9-17/h6-8,10,14,17H,9,16H2,1-5H3/t14-/m0/s1. The minimum absolute atomic E-state index is 0.0449. The first kappa shape index (κ1) is 15.0. The lowest BCUT2D eigenvalue weighted by atomic mass is 9.80. The molecular formula is C15H25NO2. The topological polar surface area (TPSA) is 55.5 Å². The lowest BCUT2D eigenvalue weighted by molar-refractivity contribution is 0.131. The third kappa shape index (κ3) is 3.03. The van der Waals surface area contributed by atoms with Crippen LogP contribution in [0.5, 0.6) is 5.75 Å². The fraction of sp³-hybridized carbons (Fsp3) is 0.600. The largest absolute Gasteiger partial charge is 0.496 e. The van der Waals surface area contributed by atoms with E-state index in [1.165, 1.54) is 5.56 Å². The first-order valence-corrected chi connectivity index (χ1v) is 6.37. The van der Waals surface area contributed by atoms with E-state index in [1.807, 2.05) is 19.9 Å². The molecule has 1 aromatic rings. The highest BCUT2D eigenvalue weighted by atomic mass is 16.5. The van der Waals surface area contributed by atoms with Gasteiger partial charge in [-0.05, 0) is 17.5 Å². The van der Waals surface area contributed by atoms with Gasteiger partial charge in [0.15, 0.2) is 0 Å². The van der Waals surface area contributed by atoms with Crippen molar-refractivity contribution in [2.45, 2.75) is 39.7 Å². The van der Waals surface area contributed by atoms with E-state index in [1.54, 1.807) is 7.11 Å². The number of hydrogen-bond donors (Lipinski definition) is 2. The van der Waals surface area contributed by atoms with Crippen LogP contribution in [0, 0.1) is 5.41 Å². The van der Waals surface area contributed by atoms with Gasteiger partial charge in [0.1, 0.15) is 5.75 Å². The Labute approximate surface area is 110 Å². The summed E-state index contributed by atoms with van der Waals surface area (Å²) in [5.74, 6) is 1.23. The number of rotatable bonds is 5. The van der Waals surface area contributed by atoms with E-state index in [-0.39, 0.29) is 18.1 Å². The summed E-state index contributed by atoms with van der Waals surface area (Å²) in [4.78, 5) is 0. The van der Waals surface area contributed by atoms with Gasteiger partial charge in [-0.15, -0.1) is 0 Å². The zero-order valence-corrected chi connectivity index (χ0v) is 12.0. The molecule has 0 fully saturated rings. The van der Waals surface area contributed by atoms with Gasteiger partial charge >= 0.3 is 0 Å². The van der Waals surface area contributed by atoms with Crippen LogP contribution in [-0.2, 0) is 0 Å². The van der Waals surface area contributed by atoms with E-state index in [0.29, 0.717) is 5.92 Å². The number of hydrogen-bond acceptors (Lipinski definition) is 3. The lowest BCUT2D eigenvalue weighted by Crippen LogP contribution is -2.32. The minimum atomic E-state index is -0.372. The highest BCUT2D eigenvalue weighted by molar-refractivity contribution is 5.41. The van der Waals surface area contributed by atoms with Crippen molar-refractivity contribution in [1.29, 1.82) is 0 Å². The summed E-state index contributed by atoms with van der Waals surface area (Å²) in [6, 6.07) is 5.85. The van der Waals surface area contributed by atoms with Gasteiger partial charge < -0.3 is 15.6 Å². The lowest BCUT2D eigenvalue weighted by Gasteiger charge is -2.31. The van der Waals surface area contributed by atoms with Crippen molar-refractivity contribution in [2.75, 3.05) is 13.7 Å². The Bertz CT molecular complexity index is 399. The molecule has 0 aliphatic heterocycles. The molecule has 0 aliphatic rings. The fourth-order valence-electron chi connectivity index (χ4n) is 1.87. The van der Waals surface area contributed by atoms with Crippen molar-refractivity contribution in [3.8, 4) is 5.75 Å². The molecule has 0 saturated heterocycles. The normalized spacial score (nSPS) is 13.8. The second kappa shape index (κ2) is 5.72. The SMILES string of the molecule is COc1ccc(C(C)C)cc1[C@H](N)C(C)(C)CO. The average Bonchev–Trinajstić information content (AvgIpc) is 2.36. The molecule has 0 amide bonds. The third-order valence-corrected chi connectivity index (χ3v) is 3.50. The molecule has 0 radical (unpaired) electrons. The third-order valence-electron chi connectivity index (χ3n) is 3.50. The first-order chi connectivity index (χ1) is 8.33. The quantitative estimate of drug-likeness (QED) is 0.846. The smallest absolute Gasteiger partial charge is 0.123 e. The number of nitrogens with two attached hydrogens (primary N) is 1. The molecule has 0 bridgehead atoms. The molecule has 102 valence electrons. The van der Waals surface area contributed by atoms with Crippen molar-refractivity contribution in [1.82, 2.24) is 0 Å². The molecule has 3 heteroatoms. The van der Waals surface area contributed by atoms with Gasteiger partial charge in [-0.3, -0.25) is 0 Å². The molecule has 0 spiro atoms. The Morgan fingerprint density at radius 3 is 2.39 bits per heavy atom. The number of ether oxygens (including phenoxy) is 1. The van der Waals surface area contributed by atoms with Crippen LogP contribution in [0.25, 0.3) is 0 Å². The maximum Gasteiger partial charge on any atom is 0.123 e. The predicted molar refractivity (Wildman–Crippen MR) is 74.9 cm³/mol. The molecule has 0 aromatic heterocycles. The average molecular weight is 251 g/mol. The zero-order chi connectivity index (χ0) is 13.9. The molecule has 1 rings (SSSR count). The summed E-state index contributed by atoms with van der Waals surface area (Å²) in [7, 11) is 1.65. The van der Waals surface area contributed by atoms with E-state index in [4.69, 9.17) is 10.5 Å². The van der Waals surface area contributed by atoms with E-state index in [9.17, 15) is 5.11 Å². The zero-order valence-electron chi connectivity index (χ0n) is 12.0. The van der Waals surface area contributed by atoms with Gasteiger partial charge in [0, 0.05) is 23.6 Å². The molecule has 3 N–H and O–H groups in total. The summed E-state index contributed by atoms with van der Waals surface area (Å²) in [6.07, 6.45) is 0. The highest BCUT2D eigenvalue weighted by Crippen LogP contribution is 2.37. The Balaban J connectivity index is 3.23. The molecule has 0 aliphatic carbocycles. The van der Waals surface area contributed by atoms with Crippen LogP contribution in [0.2, 0.25) is 0 Å². The highest BCUT2D eigenvalue weighted by Gasteiger charge is 2.29. The van der Waals surface area contributed by atoms with Crippen molar-refractivity contribution in [2.24, 2.45) is 11.1 Å². The van der Waals surface area contributed by atoms with Crippen LogP contribution in [0.1, 0.15) is 50.8 Å². The van der Waals surface area contributed by atoms with Crippen LogP contribution in [-0.4, -0.2) is 18.8 Å². The second-order valence-corrected chi connectivity index (χ2v) is 5.78. The van der Waals surface area contributed by atoms with Gasteiger partial charge in [-0.1, -0.05) is 39.8 Å². The van der Waals surface area contributed by atoms with Crippen molar-refractivity contribution >= 4 is 0 Å². The Hall–Kier alpha value is -1.06. The van der Waals surface area contributed by atoms with Crippen molar-refractivity contribution in [3.63, 3.8) is 0 Å². The van der Waals surface area contributed by atoms with Gasteiger partial charge in [0.2, 0.25) is 0 Å². The first-order valence-electron chi connectivity index (χ1n) is 6.37. The number of methoxy groups -OCH3 is 1. The van der Waals surface area contributed by atoms with E-state index >= 15 is 0 Å². The molecule has 0 heterocycles. The van der Waals surface area contributed by atoms with Crippen LogP contribution in [0.3, 0.4) is 0 Å². The van der Waals surface area contributed by atoms with Gasteiger partial charge in [0.25, 0.3) is 0 Å². The van der Waals surface area contributed by atoms with Crippen LogP contribution >= 0.6 is 0 Å². The van der Waals surface area contributed by atoms with Crippen LogP contribution < -0.4 is 10.5 Å². The Kier molecular flexibility index (Phi) is 4.77. The number of aliphatic hydroxyl groups is 1. The predicted octanol–water partition coefficient (Wildman–Crippen LogP) is 2.84. The molecule has 18 heavy (non-hydrogen) atoms. The monoisotopic (exact) mass is 251 g/mol. The summed E-state index contributed by atoms with van der Waals surface area (Å²) in [5.41, 5.74) is 8.11. The molecule has 0 unspecified atom stereocenters. The van der Waals surface area contributed by atoms with Crippen LogP contribution in [0.15, 0.2) is 18.2 Å². The molecule has 1 aromatic carbocycles. The Morgan fingerprint density at radius 2 is 1.94 bits per heavy atom. The van der Waals surface area contributed by atoms with Gasteiger partial charge in [-0.25, -0.2) is 0 Å². The minimum Gasteiger partial charge on any atom is -0.496 e. The second-order valence-electron chi connectivity index (χ2n) is 5.78. The van der Waals surface area contributed by atoms with E-state index < -0.39 is 0 Å². The van der Waals surface area contributed by atoms with Crippen molar-refractivity contribution in [3.05, 3.63) is 29.3 Å². The molecule has 1 atom stereocenters. The molecular weight excluding hydrogens is 226 g/mol. The summed E-state index contributed by atoms with van der Waals surface area (Å²) < 4.78 is 5.38. The number of aliphatic hydroxyl groups excluding tert-OH is 1. The molecule has 0 saturated carbocycles. The van der Waals surface area contributed by atoms with E-state index in [0.717, 1.165) is 11.3 Å². The molecule has 3 nitrogen and oxygen atoms in total. The number of benzene rings is 1. The van der Waals surface area contributed by atoms with Crippen LogP contribution in [0.4, 0.5) is 0 Å². The summed E-state index contributed by atoms with van der Waals surface area (Å²) in [5, 5.41) is 9.45. The van der Waals surface area contributed by atoms with Gasteiger partial charge in [0.05, 0.1) is 7.11 Å². The fourth-order valence-corrected chi connectivity index (χ4v) is 1.87. The van der Waals surface area contributed by atoms with E-state index in [2.05, 4.69) is 26.0 Å². The Morgan fingerprint density at radius 1 is 1.33 bits per heavy atom. The summed E-state index contributed by atoms with van der Waals surface area (Å²) in [6.45, 7) is 8.25. The summed E-state index contributed by atoms with van der Waals surface area (Å²) >= 11 is 0. The van der Waals surface area contributed by atoms with Gasteiger partial charge in [-0.2, -0.15) is 0 Å². The maximum atomic E-state index is 9.45.